The summed E-state index contributed by atoms with van der Waals surface area (Å²) in [6, 6.07) is 23.2. The number of carbonyl (C=O) groups is 1. The number of halogens is 4. The first-order chi connectivity index (χ1) is 21.1. The Kier molecular flexibility index (Phi) is 9.09. The summed E-state index contributed by atoms with van der Waals surface area (Å²) in [6.07, 6.45) is -3.23. The zero-order chi connectivity index (χ0) is 31.3. The van der Waals surface area contributed by atoms with Gasteiger partial charge in [0.1, 0.15) is 0 Å². The molecule has 1 amide bonds. The SMILES string of the molecule is CCOc1cc(C=Nn2c(-c3cccc(C(F)(F)F)c3)nc3ccccc3c2=O)cc(Br)c1OCC(=O)Nc1ccccc1. The summed E-state index contributed by atoms with van der Waals surface area (Å²) in [6.45, 7) is 1.77. The van der Waals surface area contributed by atoms with Gasteiger partial charge in [-0.1, -0.05) is 42.5 Å². The second-order valence-corrected chi connectivity index (χ2v) is 10.2. The maximum atomic E-state index is 13.5. The predicted octanol–water partition coefficient (Wildman–Crippen LogP) is 7.14. The van der Waals surface area contributed by atoms with E-state index in [-0.39, 0.29) is 41.6 Å². The number of ether oxygens (including phenoxy) is 2. The van der Waals surface area contributed by atoms with Gasteiger partial charge in [-0.25, -0.2) is 4.98 Å². The lowest BCUT2D eigenvalue weighted by Crippen LogP contribution is -2.21. The number of alkyl halides is 3. The van der Waals surface area contributed by atoms with E-state index in [0.29, 0.717) is 27.0 Å². The summed E-state index contributed by atoms with van der Waals surface area (Å²) < 4.78 is 53.4. The largest absolute Gasteiger partial charge is 0.490 e. The van der Waals surface area contributed by atoms with Crippen molar-refractivity contribution in [1.82, 2.24) is 9.66 Å². The highest BCUT2D eigenvalue weighted by atomic mass is 79.9. The van der Waals surface area contributed by atoms with E-state index in [2.05, 4.69) is 31.3 Å². The van der Waals surface area contributed by atoms with Gasteiger partial charge in [0.05, 0.1) is 33.8 Å². The summed E-state index contributed by atoms with van der Waals surface area (Å²) in [7, 11) is 0. The minimum Gasteiger partial charge on any atom is -0.490 e. The Balaban J connectivity index is 1.49. The number of nitrogens with one attached hydrogen (secondary N) is 1. The lowest BCUT2D eigenvalue weighted by Gasteiger charge is -2.15. The van der Waals surface area contributed by atoms with Crippen LogP contribution in [0.1, 0.15) is 18.1 Å². The average molecular weight is 665 g/mol. The molecule has 0 unspecified atom stereocenters. The Morgan fingerprint density at radius 3 is 2.50 bits per heavy atom. The topological polar surface area (TPSA) is 94.8 Å². The number of nitrogens with zero attached hydrogens (tertiary/aromatic N) is 3. The number of aromatic nitrogens is 2. The first-order valence-corrected chi connectivity index (χ1v) is 14.1. The molecule has 1 heterocycles. The van der Waals surface area contributed by atoms with E-state index >= 15 is 0 Å². The average Bonchev–Trinajstić information content (AvgIpc) is 3.00. The monoisotopic (exact) mass is 664 g/mol. The van der Waals surface area contributed by atoms with Crippen molar-refractivity contribution in [2.75, 3.05) is 18.5 Å². The highest BCUT2D eigenvalue weighted by molar-refractivity contribution is 9.10. The second-order valence-electron chi connectivity index (χ2n) is 9.36. The van der Waals surface area contributed by atoms with E-state index in [1.54, 1.807) is 67.6 Å². The van der Waals surface area contributed by atoms with E-state index in [4.69, 9.17) is 9.47 Å². The molecule has 1 aromatic heterocycles. The lowest BCUT2D eigenvalue weighted by atomic mass is 10.1. The Bertz CT molecular complexity index is 1910. The summed E-state index contributed by atoms with van der Waals surface area (Å²) in [5, 5.41) is 7.33. The van der Waals surface area contributed by atoms with Gasteiger partial charge in [0.25, 0.3) is 11.5 Å². The minimum atomic E-state index is -4.59. The van der Waals surface area contributed by atoms with Gasteiger partial charge in [-0.05, 0) is 76.9 Å². The molecule has 0 atom stereocenters. The van der Waals surface area contributed by atoms with E-state index < -0.39 is 17.3 Å². The molecule has 5 rings (SSSR count). The van der Waals surface area contributed by atoms with E-state index in [1.807, 2.05) is 6.07 Å². The number of para-hydroxylation sites is 2. The van der Waals surface area contributed by atoms with Gasteiger partial charge in [0.2, 0.25) is 0 Å². The van der Waals surface area contributed by atoms with Gasteiger partial charge in [0, 0.05) is 11.3 Å². The fourth-order valence-corrected chi connectivity index (χ4v) is 4.87. The summed E-state index contributed by atoms with van der Waals surface area (Å²) in [5.74, 6) is 0.144. The molecule has 0 aliphatic rings. The molecule has 0 fully saturated rings. The van der Waals surface area contributed by atoms with Crippen LogP contribution < -0.4 is 20.3 Å². The van der Waals surface area contributed by atoms with Crippen molar-refractivity contribution in [3.05, 3.63) is 117 Å². The fourth-order valence-electron chi connectivity index (χ4n) is 4.30. The van der Waals surface area contributed by atoms with Gasteiger partial charge in [0.15, 0.2) is 23.9 Å². The number of hydrogen-bond donors (Lipinski definition) is 1. The molecule has 0 bridgehead atoms. The smallest absolute Gasteiger partial charge is 0.416 e. The van der Waals surface area contributed by atoms with Crippen molar-refractivity contribution < 1.29 is 27.4 Å². The zero-order valence-electron chi connectivity index (χ0n) is 23.1. The van der Waals surface area contributed by atoms with Crippen LogP contribution in [0.5, 0.6) is 11.5 Å². The fraction of sp³-hybridized carbons (Fsp3) is 0.125. The summed E-state index contributed by atoms with van der Waals surface area (Å²) in [4.78, 5) is 30.4. The molecule has 224 valence electrons. The van der Waals surface area contributed by atoms with E-state index in [0.717, 1.165) is 16.8 Å². The second kappa shape index (κ2) is 13.1. The van der Waals surface area contributed by atoms with Crippen LogP contribution in [0, 0.1) is 0 Å². The van der Waals surface area contributed by atoms with Crippen LogP contribution in [-0.2, 0) is 11.0 Å². The maximum absolute atomic E-state index is 13.5. The lowest BCUT2D eigenvalue weighted by molar-refractivity contribution is -0.137. The van der Waals surface area contributed by atoms with Gasteiger partial charge in [-0.3, -0.25) is 9.59 Å². The number of anilines is 1. The zero-order valence-corrected chi connectivity index (χ0v) is 24.7. The third-order valence-corrected chi connectivity index (χ3v) is 6.85. The number of benzene rings is 4. The number of amides is 1. The quantitative estimate of drug-likeness (QED) is 0.169. The summed E-state index contributed by atoms with van der Waals surface area (Å²) >= 11 is 3.45. The van der Waals surface area contributed by atoms with E-state index in [9.17, 15) is 22.8 Å². The van der Waals surface area contributed by atoms with Crippen LogP contribution in [-0.4, -0.2) is 35.0 Å². The Morgan fingerprint density at radius 2 is 1.75 bits per heavy atom. The Labute approximate surface area is 257 Å². The first-order valence-electron chi connectivity index (χ1n) is 13.3. The Morgan fingerprint density at radius 1 is 1.00 bits per heavy atom. The van der Waals surface area contributed by atoms with Crippen LogP contribution in [0.15, 0.2) is 105 Å². The molecule has 0 saturated heterocycles. The number of fused-ring (bicyclic) bond motifs is 1. The molecular formula is C32H24BrF3N4O4. The molecule has 8 nitrogen and oxygen atoms in total. The maximum Gasteiger partial charge on any atom is 0.416 e. The van der Waals surface area contributed by atoms with Crippen molar-refractivity contribution in [2.24, 2.45) is 5.10 Å². The molecule has 0 radical (unpaired) electrons. The highest BCUT2D eigenvalue weighted by Crippen LogP contribution is 2.37. The predicted molar refractivity (Wildman–Crippen MR) is 165 cm³/mol. The van der Waals surface area contributed by atoms with Gasteiger partial charge >= 0.3 is 6.18 Å². The molecule has 44 heavy (non-hydrogen) atoms. The molecule has 5 aromatic rings. The molecule has 0 spiro atoms. The molecule has 0 saturated carbocycles. The summed E-state index contributed by atoms with van der Waals surface area (Å²) in [5.41, 5.74) is 0.0271. The molecule has 0 aliphatic carbocycles. The van der Waals surface area contributed by atoms with Gasteiger partial charge in [-0.2, -0.15) is 22.9 Å². The molecule has 1 N–H and O–H groups in total. The van der Waals surface area contributed by atoms with Crippen LogP contribution in [0.4, 0.5) is 18.9 Å². The molecule has 12 heteroatoms. The van der Waals surface area contributed by atoms with Crippen LogP contribution in [0.2, 0.25) is 0 Å². The number of hydrogen-bond acceptors (Lipinski definition) is 6. The van der Waals surface area contributed by atoms with Gasteiger partial charge in [-0.15, -0.1) is 0 Å². The van der Waals surface area contributed by atoms with Crippen molar-refractivity contribution in [3.63, 3.8) is 0 Å². The van der Waals surface area contributed by atoms with Gasteiger partial charge < -0.3 is 14.8 Å². The van der Waals surface area contributed by atoms with Crippen molar-refractivity contribution in [3.8, 4) is 22.9 Å². The van der Waals surface area contributed by atoms with Crippen LogP contribution in [0.25, 0.3) is 22.3 Å². The third kappa shape index (κ3) is 6.97. The third-order valence-electron chi connectivity index (χ3n) is 6.26. The first kappa shape index (κ1) is 30.5. The normalized spacial score (nSPS) is 11.6. The van der Waals surface area contributed by atoms with Crippen LogP contribution >= 0.6 is 15.9 Å². The van der Waals surface area contributed by atoms with Crippen molar-refractivity contribution in [1.29, 1.82) is 0 Å². The number of rotatable bonds is 9. The Hall–Kier alpha value is -4.97. The van der Waals surface area contributed by atoms with E-state index in [1.165, 1.54) is 18.3 Å². The standard InChI is InChI=1S/C32H24BrF3N4O4/c1-2-43-27-16-20(15-25(33)29(27)44-19-28(41)38-23-11-4-3-5-12-23)18-37-40-30(21-9-8-10-22(17-21)32(34,35)36)39-26-14-7-6-13-24(26)31(40)42/h3-18H,2,19H2,1H3,(H,38,41). The molecule has 0 aliphatic heterocycles. The van der Waals surface area contributed by atoms with Crippen LogP contribution in [0.3, 0.4) is 0 Å². The molecular weight excluding hydrogens is 641 g/mol. The molecule has 4 aromatic carbocycles. The highest BCUT2D eigenvalue weighted by Gasteiger charge is 2.31. The number of carbonyl (C=O) groups excluding carboxylic acids is 1. The van der Waals surface area contributed by atoms with Crippen molar-refractivity contribution in [2.45, 2.75) is 13.1 Å². The minimum absolute atomic E-state index is 0.0635. The van der Waals surface area contributed by atoms with Crippen molar-refractivity contribution >= 4 is 44.6 Å².